The predicted octanol–water partition coefficient (Wildman–Crippen LogP) is 2.97. The molecule has 11 heteroatoms. The highest BCUT2D eigenvalue weighted by molar-refractivity contribution is 6.30. The Hall–Kier alpha value is -3.40. The molecule has 4 rings (SSSR count). The summed E-state index contributed by atoms with van der Waals surface area (Å²) >= 11 is 5.78. The summed E-state index contributed by atoms with van der Waals surface area (Å²) in [4.78, 5) is 45.4. The second-order valence-corrected chi connectivity index (χ2v) is 8.88. The van der Waals surface area contributed by atoms with Crippen LogP contribution in [0.5, 0.6) is 0 Å². The minimum Gasteiger partial charge on any atom is -0.350 e. The molecule has 2 aromatic heterocycles. The van der Waals surface area contributed by atoms with Crippen LogP contribution >= 0.6 is 11.6 Å². The van der Waals surface area contributed by atoms with Gasteiger partial charge in [0.1, 0.15) is 29.3 Å². The van der Waals surface area contributed by atoms with Crippen molar-refractivity contribution >= 4 is 35.0 Å². The van der Waals surface area contributed by atoms with Gasteiger partial charge in [0.2, 0.25) is 0 Å². The summed E-state index contributed by atoms with van der Waals surface area (Å²) in [5, 5.41) is 9.59. The highest BCUT2D eigenvalue weighted by Crippen LogP contribution is 2.28. The number of benzene rings is 1. The van der Waals surface area contributed by atoms with Gasteiger partial charge in [-0.15, -0.1) is 0 Å². The first-order chi connectivity index (χ1) is 16.3. The second kappa shape index (κ2) is 10.3. The Morgan fingerprint density at radius 1 is 1.12 bits per heavy atom. The van der Waals surface area contributed by atoms with Gasteiger partial charge in [0.05, 0.1) is 5.02 Å². The fourth-order valence-electron chi connectivity index (χ4n) is 4.11. The molecule has 3 aromatic rings. The quantitative estimate of drug-likeness (QED) is 0.530. The van der Waals surface area contributed by atoms with Gasteiger partial charge in [-0.3, -0.25) is 14.4 Å². The lowest BCUT2D eigenvalue weighted by Crippen LogP contribution is -2.34. The number of nitrogens with zero attached hydrogens (tertiary/aromatic N) is 4. The van der Waals surface area contributed by atoms with Crippen LogP contribution in [0.2, 0.25) is 5.02 Å². The molecule has 2 heterocycles. The van der Waals surface area contributed by atoms with E-state index in [0.717, 1.165) is 25.7 Å². The van der Waals surface area contributed by atoms with Crippen molar-refractivity contribution in [3.05, 3.63) is 58.4 Å². The van der Waals surface area contributed by atoms with Crippen molar-refractivity contribution < 1.29 is 18.8 Å². The van der Waals surface area contributed by atoms with Crippen LogP contribution in [-0.2, 0) is 11.3 Å². The molecular formula is C23H24ClFN6O3. The number of ketones is 1. The van der Waals surface area contributed by atoms with Crippen molar-refractivity contribution in [2.45, 2.75) is 39.2 Å². The molecular weight excluding hydrogens is 463 g/mol. The second-order valence-electron chi connectivity index (χ2n) is 8.47. The number of nitrogens with one attached hydrogen (secondary N) is 2. The Kier molecular flexibility index (Phi) is 7.16. The normalized spacial score (nSPS) is 18.0. The Bertz CT molecular complexity index is 1240. The molecule has 1 aromatic carbocycles. The molecule has 2 N–H and O–H groups in total. The van der Waals surface area contributed by atoms with Crippen LogP contribution in [0, 0.1) is 17.7 Å². The number of halogens is 2. The third-order valence-corrected chi connectivity index (χ3v) is 6.42. The Labute approximate surface area is 200 Å². The summed E-state index contributed by atoms with van der Waals surface area (Å²) < 4.78 is 14.6. The molecule has 0 unspecified atom stereocenters. The fourth-order valence-corrected chi connectivity index (χ4v) is 4.32. The van der Waals surface area contributed by atoms with Gasteiger partial charge in [0.25, 0.3) is 17.6 Å². The van der Waals surface area contributed by atoms with Crippen molar-refractivity contribution in [2.75, 3.05) is 6.54 Å². The summed E-state index contributed by atoms with van der Waals surface area (Å²) in [6.07, 6.45) is 4.68. The van der Waals surface area contributed by atoms with Gasteiger partial charge in [0, 0.05) is 25.1 Å². The standard InChI is InChI=1S/C23H24ClFN6O3/c1-13(32)16-5-2-14(3-6-16)10-27-22(34)20-9-19(30-23-28-12-29-31(20)23)21(33)26-11-15-4-7-18(25)17(24)8-15/h4,7-9,12,14,16H,2-3,5-6,10-11H2,1H3,(H,26,33)(H,27,34). The summed E-state index contributed by atoms with van der Waals surface area (Å²) in [7, 11) is 0. The molecule has 0 bridgehead atoms. The number of rotatable bonds is 7. The molecule has 0 saturated heterocycles. The maximum Gasteiger partial charge on any atom is 0.270 e. The van der Waals surface area contributed by atoms with Crippen LogP contribution in [0.1, 0.15) is 59.1 Å². The monoisotopic (exact) mass is 486 g/mol. The van der Waals surface area contributed by atoms with E-state index in [9.17, 15) is 18.8 Å². The SMILES string of the molecule is CC(=O)C1CCC(CNC(=O)c2cc(C(=O)NCc3ccc(F)c(Cl)c3)nc3ncnn23)CC1. The van der Waals surface area contributed by atoms with Crippen LogP contribution in [0.25, 0.3) is 5.78 Å². The third-order valence-electron chi connectivity index (χ3n) is 6.13. The third kappa shape index (κ3) is 5.39. The lowest BCUT2D eigenvalue weighted by Gasteiger charge is -2.27. The number of carbonyl (C=O) groups is 3. The largest absolute Gasteiger partial charge is 0.350 e. The summed E-state index contributed by atoms with van der Waals surface area (Å²) in [6.45, 7) is 2.19. The average Bonchev–Trinajstić information content (AvgIpc) is 3.31. The molecule has 1 saturated carbocycles. The number of hydrogen-bond acceptors (Lipinski definition) is 6. The van der Waals surface area contributed by atoms with Gasteiger partial charge >= 0.3 is 0 Å². The predicted molar refractivity (Wildman–Crippen MR) is 122 cm³/mol. The van der Waals surface area contributed by atoms with E-state index in [4.69, 9.17) is 11.6 Å². The molecule has 0 spiro atoms. The van der Waals surface area contributed by atoms with E-state index >= 15 is 0 Å². The zero-order valence-corrected chi connectivity index (χ0v) is 19.3. The highest BCUT2D eigenvalue weighted by Gasteiger charge is 2.25. The van der Waals surface area contributed by atoms with Crippen molar-refractivity contribution in [3.8, 4) is 0 Å². The maximum absolute atomic E-state index is 13.3. The van der Waals surface area contributed by atoms with Gasteiger partial charge < -0.3 is 10.6 Å². The smallest absolute Gasteiger partial charge is 0.270 e. The first-order valence-electron chi connectivity index (χ1n) is 11.0. The van der Waals surface area contributed by atoms with E-state index in [1.165, 1.54) is 35.1 Å². The van der Waals surface area contributed by atoms with Crippen LogP contribution < -0.4 is 10.6 Å². The van der Waals surface area contributed by atoms with Crippen molar-refractivity contribution in [2.24, 2.45) is 11.8 Å². The maximum atomic E-state index is 13.3. The molecule has 178 valence electrons. The molecule has 34 heavy (non-hydrogen) atoms. The molecule has 1 fully saturated rings. The Morgan fingerprint density at radius 3 is 2.59 bits per heavy atom. The summed E-state index contributed by atoms with van der Waals surface area (Å²) in [5.74, 6) is -0.718. The van der Waals surface area contributed by atoms with E-state index in [1.807, 2.05) is 0 Å². The van der Waals surface area contributed by atoms with Crippen LogP contribution in [0.3, 0.4) is 0 Å². The number of aromatic nitrogens is 4. The van der Waals surface area contributed by atoms with Gasteiger partial charge in [-0.2, -0.15) is 14.6 Å². The number of fused-ring (bicyclic) bond motifs is 1. The lowest BCUT2D eigenvalue weighted by atomic mass is 9.80. The van der Waals surface area contributed by atoms with E-state index < -0.39 is 17.6 Å². The number of amides is 2. The first-order valence-corrected chi connectivity index (χ1v) is 11.4. The van der Waals surface area contributed by atoms with Crippen molar-refractivity contribution in [1.29, 1.82) is 0 Å². The van der Waals surface area contributed by atoms with Gasteiger partial charge in [-0.1, -0.05) is 17.7 Å². The zero-order chi connectivity index (χ0) is 24.2. The molecule has 9 nitrogen and oxygen atoms in total. The Morgan fingerprint density at radius 2 is 1.88 bits per heavy atom. The first kappa shape index (κ1) is 23.7. The molecule has 1 aliphatic rings. The van der Waals surface area contributed by atoms with Crippen LogP contribution in [-0.4, -0.2) is 43.7 Å². The van der Waals surface area contributed by atoms with Crippen molar-refractivity contribution in [1.82, 2.24) is 30.2 Å². The molecule has 0 atom stereocenters. The molecule has 1 aliphatic carbocycles. The number of hydrogen-bond donors (Lipinski definition) is 2. The van der Waals surface area contributed by atoms with E-state index in [1.54, 1.807) is 6.92 Å². The fraction of sp³-hybridized carbons (Fsp3) is 0.391. The van der Waals surface area contributed by atoms with Gasteiger partial charge in [-0.05, 0) is 56.2 Å². The van der Waals surface area contributed by atoms with Crippen LogP contribution in [0.15, 0.2) is 30.6 Å². The van der Waals surface area contributed by atoms with E-state index in [0.29, 0.717) is 12.1 Å². The van der Waals surface area contributed by atoms with E-state index in [-0.39, 0.29) is 46.4 Å². The average molecular weight is 487 g/mol. The zero-order valence-electron chi connectivity index (χ0n) is 18.6. The molecule has 0 aliphatic heterocycles. The number of Topliss-reactive ketones (excluding diaryl/α,β-unsaturated/α-hetero) is 1. The van der Waals surface area contributed by atoms with E-state index in [2.05, 4.69) is 25.7 Å². The Balaban J connectivity index is 1.43. The van der Waals surface area contributed by atoms with Gasteiger partial charge in [0.15, 0.2) is 0 Å². The molecule has 0 radical (unpaired) electrons. The topological polar surface area (TPSA) is 118 Å². The number of carbonyl (C=O) groups excluding carboxylic acids is 3. The minimum atomic E-state index is -0.543. The summed E-state index contributed by atoms with van der Waals surface area (Å²) in [5.41, 5.74) is 0.747. The highest BCUT2D eigenvalue weighted by atomic mass is 35.5. The lowest BCUT2D eigenvalue weighted by molar-refractivity contribution is -0.121. The minimum absolute atomic E-state index is 0.000764. The van der Waals surface area contributed by atoms with Gasteiger partial charge in [-0.25, -0.2) is 9.37 Å². The van der Waals surface area contributed by atoms with Crippen molar-refractivity contribution in [3.63, 3.8) is 0 Å². The summed E-state index contributed by atoms with van der Waals surface area (Å²) in [6, 6.07) is 5.52. The molecule has 2 amide bonds. The van der Waals surface area contributed by atoms with Crippen LogP contribution in [0.4, 0.5) is 4.39 Å².